The van der Waals surface area contributed by atoms with Crippen molar-refractivity contribution in [3.05, 3.63) is 78.6 Å². The third kappa shape index (κ3) is 3.57. The topological polar surface area (TPSA) is 55.3 Å². The van der Waals surface area contributed by atoms with Crippen LogP contribution in [0.25, 0.3) is 11.4 Å². The molecule has 1 aliphatic rings. The second kappa shape index (κ2) is 7.35. The predicted molar refractivity (Wildman–Crippen MR) is 98.8 cm³/mol. The molecule has 5 nitrogen and oxygen atoms in total. The number of carbonyl (C=O) groups is 1. The summed E-state index contributed by atoms with van der Waals surface area (Å²) in [4.78, 5) is 23.2. The first-order valence-electron chi connectivity index (χ1n) is 8.68. The van der Waals surface area contributed by atoms with Crippen molar-refractivity contribution in [3.63, 3.8) is 0 Å². The van der Waals surface area contributed by atoms with Gasteiger partial charge in [-0.15, -0.1) is 0 Å². The number of para-hydroxylation sites is 1. The molecule has 0 aliphatic carbocycles. The van der Waals surface area contributed by atoms with Crippen LogP contribution in [0.2, 0.25) is 0 Å². The Morgan fingerprint density at radius 1 is 0.962 bits per heavy atom. The maximum absolute atomic E-state index is 12.7. The number of hydrogen-bond acceptors (Lipinski definition) is 4. The van der Waals surface area contributed by atoms with E-state index < -0.39 is 0 Å². The largest absolute Gasteiger partial charge is 0.489 e. The van der Waals surface area contributed by atoms with E-state index in [4.69, 9.17) is 4.74 Å². The highest BCUT2D eigenvalue weighted by Gasteiger charge is 2.28. The van der Waals surface area contributed by atoms with Crippen LogP contribution in [0.5, 0.6) is 5.75 Å². The van der Waals surface area contributed by atoms with E-state index in [2.05, 4.69) is 9.97 Å². The highest BCUT2D eigenvalue weighted by Crippen LogP contribution is 2.20. The second-order valence-corrected chi connectivity index (χ2v) is 6.25. The molecular weight excluding hydrogens is 326 g/mol. The molecule has 2 aromatic carbocycles. The molecule has 1 amide bonds. The minimum absolute atomic E-state index is 0.0193. The van der Waals surface area contributed by atoms with Crippen LogP contribution in [0, 0.1) is 0 Å². The number of nitrogens with zero attached hydrogens (tertiary/aromatic N) is 3. The van der Waals surface area contributed by atoms with Crippen molar-refractivity contribution >= 4 is 5.91 Å². The molecule has 130 valence electrons. The first-order valence-corrected chi connectivity index (χ1v) is 8.68. The van der Waals surface area contributed by atoms with Gasteiger partial charge in [-0.3, -0.25) is 4.79 Å². The Bertz CT molecular complexity index is 867. The fourth-order valence-corrected chi connectivity index (χ4v) is 3.06. The molecule has 0 spiro atoms. The number of hydrogen-bond donors (Lipinski definition) is 0. The van der Waals surface area contributed by atoms with Gasteiger partial charge in [0.15, 0.2) is 5.82 Å². The minimum Gasteiger partial charge on any atom is -0.489 e. The number of amides is 1. The van der Waals surface area contributed by atoms with E-state index in [-0.39, 0.29) is 12.0 Å². The van der Waals surface area contributed by atoms with Gasteiger partial charge in [0.05, 0.1) is 12.1 Å². The van der Waals surface area contributed by atoms with E-state index in [9.17, 15) is 4.79 Å². The monoisotopic (exact) mass is 345 g/mol. The summed E-state index contributed by atoms with van der Waals surface area (Å²) in [6, 6.07) is 19.4. The van der Waals surface area contributed by atoms with Gasteiger partial charge in [-0.25, -0.2) is 9.97 Å². The lowest BCUT2D eigenvalue weighted by Gasteiger charge is -2.17. The van der Waals surface area contributed by atoms with E-state index in [0.717, 1.165) is 17.7 Å². The normalized spacial score (nSPS) is 16.5. The molecule has 0 bridgehead atoms. The molecule has 4 rings (SSSR count). The Balaban J connectivity index is 1.40. The van der Waals surface area contributed by atoms with Crippen LogP contribution in [0.15, 0.2) is 73.1 Å². The number of carbonyl (C=O) groups excluding carboxylic acids is 1. The van der Waals surface area contributed by atoms with Crippen LogP contribution in [0.3, 0.4) is 0 Å². The number of aromatic nitrogens is 2. The first-order chi connectivity index (χ1) is 12.8. The first kappa shape index (κ1) is 16.3. The Labute approximate surface area is 152 Å². The molecule has 1 aromatic heterocycles. The van der Waals surface area contributed by atoms with Crippen LogP contribution in [-0.4, -0.2) is 40.0 Å². The smallest absolute Gasteiger partial charge is 0.257 e. The number of rotatable bonds is 4. The van der Waals surface area contributed by atoms with Crippen molar-refractivity contribution in [2.45, 2.75) is 12.5 Å². The summed E-state index contributed by atoms with van der Waals surface area (Å²) < 4.78 is 5.94. The van der Waals surface area contributed by atoms with Crippen molar-refractivity contribution in [2.75, 3.05) is 13.1 Å². The van der Waals surface area contributed by atoms with E-state index in [0.29, 0.717) is 24.5 Å². The van der Waals surface area contributed by atoms with E-state index in [1.165, 1.54) is 0 Å². The van der Waals surface area contributed by atoms with Crippen molar-refractivity contribution in [1.82, 2.24) is 14.9 Å². The molecule has 1 saturated heterocycles. The molecule has 3 aromatic rings. The highest BCUT2D eigenvalue weighted by molar-refractivity contribution is 5.94. The highest BCUT2D eigenvalue weighted by atomic mass is 16.5. The molecule has 26 heavy (non-hydrogen) atoms. The Morgan fingerprint density at radius 3 is 2.31 bits per heavy atom. The van der Waals surface area contributed by atoms with Crippen LogP contribution < -0.4 is 4.74 Å². The molecule has 0 N–H and O–H groups in total. The van der Waals surface area contributed by atoms with Crippen LogP contribution >= 0.6 is 0 Å². The molecular formula is C21H19N3O2. The lowest BCUT2D eigenvalue weighted by atomic mass is 10.2. The van der Waals surface area contributed by atoms with Gasteiger partial charge in [-0.2, -0.15) is 0 Å². The van der Waals surface area contributed by atoms with Gasteiger partial charge in [0, 0.05) is 30.9 Å². The summed E-state index contributed by atoms with van der Waals surface area (Å²) in [7, 11) is 0. The summed E-state index contributed by atoms with van der Waals surface area (Å²) in [6.45, 7) is 1.25. The van der Waals surface area contributed by atoms with Crippen molar-refractivity contribution in [1.29, 1.82) is 0 Å². The van der Waals surface area contributed by atoms with Gasteiger partial charge >= 0.3 is 0 Å². The van der Waals surface area contributed by atoms with Crippen molar-refractivity contribution < 1.29 is 9.53 Å². The minimum atomic E-state index is -0.0521. The lowest BCUT2D eigenvalue weighted by molar-refractivity contribution is 0.0771. The summed E-state index contributed by atoms with van der Waals surface area (Å²) in [5, 5.41) is 0. The number of ether oxygens (including phenoxy) is 1. The predicted octanol–water partition coefficient (Wildman–Crippen LogP) is 3.44. The van der Waals surface area contributed by atoms with Crippen molar-refractivity contribution in [2.24, 2.45) is 0 Å². The van der Waals surface area contributed by atoms with Crippen LogP contribution in [0.1, 0.15) is 16.8 Å². The molecule has 1 aliphatic heterocycles. The Morgan fingerprint density at radius 2 is 1.62 bits per heavy atom. The third-order valence-corrected chi connectivity index (χ3v) is 4.41. The summed E-state index contributed by atoms with van der Waals surface area (Å²) in [5.74, 6) is 1.40. The quantitative estimate of drug-likeness (QED) is 0.727. The van der Waals surface area contributed by atoms with Crippen molar-refractivity contribution in [3.8, 4) is 17.1 Å². The number of likely N-dealkylation sites (tertiary alicyclic amines) is 1. The van der Waals surface area contributed by atoms with Gasteiger partial charge < -0.3 is 9.64 Å². The molecule has 0 unspecified atom stereocenters. The summed E-state index contributed by atoms with van der Waals surface area (Å²) in [6.07, 6.45) is 4.04. The standard InChI is InChI=1S/C21H19N3O2/c25-21(17-13-22-20(23-14-17)16-7-3-1-4-8-16)24-12-11-19(15-24)26-18-9-5-2-6-10-18/h1-10,13-14,19H,11-12,15H2/t19-/m0/s1. The molecule has 0 saturated carbocycles. The zero-order valence-corrected chi connectivity index (χ0v) is 14.3. The SMILES string of the molecule is O=C(c1cnc(-c2ccccc2)nc1)N1CC[C@H](Oc2ccccc2)C1. The maximum atomic E-state index is 12.7. The molecule has 1 atom stereocenters. The molecule has 5 heteroatoms. The third-order valence-electron chi connectivity index (χ3n) is 4.41. The van der Waals surface area contributed by atoms with Crippen LogP contribution in [0.4, 0.5) is 0 Å². The molecule has 1 fully saturated rings. The van der Waals surface area contributed by atoms with Gasteiger partial charge in [-0.1, -0.05) is 48.5 Å². The second-order valence-electron chi connectivity index (χ2n) is 6.25. The maximum Gasteiger partial charge on any atom is 0.257 e. The fraction of sp³-hybridized carbons (Fsp3) is 0.190. The zero-order valence-electron chi connectivity index (χ0n) is 14.3. The van der Waals surface area contributed by atoms with Gasteiger partial charge in [-0.05, 0) is 12.1 Å². The van der Waals surface area contributed by atoms with E-state index in [1.54, 1.807) is 17.3 Å². The number of benzene rings is 2. The van der Waals surface area contributed by atoms with Crippen LogP contribution in [-0.2, 0) is 0 Å². The Kier molecular flexibility index (Phi) is 4.60. The lowest BCUT2D eigenvalue weighted by Crippen LogP contribution is -2.31. The fourth-order valence-electron chi connectivity index (χ4n) is 3.06. The zero-order chi connectivity index (χ0) is 17.8. The van der Waals surface area contributed by atoms with Gasteiger partial charge in [0.2, 0.25) is 0 Å². The van der Waals surface area contributed by atoms with Gasteiger partial charge in [0.1, 0.15) is 11.9 Å². The molecule has 0 radical (unpaired) electrons. The van der Waals surface area contributed by atoms with Gasteiger partial charge in [0.25, 0.3) is 5.91 Å². The summed E-state index contributed by atoms with van der Waals surface area (Å²) in [5.41, 5.74) is 1.44. The average molecular weight is 345 g/mol. The molecule has 2 heterocycles. The van der Waals surface area contributed by atoms with E-state index >= 15 is 0 Å². The average Bonchev–Trinajstić information content (AvgIpc) is 3.17. The summed E-state index contributed by atoms with van der Waals surface area (Å²) >= 11 is 0. The Hall–Kier alpha value is -3.21. The van der Waals surface area contributed by atoms with E-state index in [1.807, 2.05) is 60.7 Å².